The van der Waals surface area contributed by atoms with Crippen molar-refractivity contribution in [3.8, 4) is 0 Å². The Morgan fingerprint density at radius 3 is 2.48 bits per heavy atom. The number of rotatable bonds is 3. The Morgan fingerprint density at radius 2 is 1.87 bits per heavy atom. The fourth-order valence-corrected chi connectivity index (χ4v) is 3.31. The molecule has 0 amide bonds. The molecule has 122 valence electrons. The van der Waals surface area contributed by atoms with E-state index >= 15 is 0 Å². The molecular formula is C16H16O7. The summed E-state index contributed by atoms with van der Waals surface area (Å²) in [5.41, 5.74) is 0.0506. The average Bonchev–Trinajstić information content (AvgIpc) is 3.07. The summed E-state index contributed by atoms with van der Waals surface area (Å²) in [7, 11) is 0. The van der Waals surface area contributed by atoms with Gasteiger partial charge in [-0.3, -0.25) is 0 Å². The zero-order chi connectivity index (χ0) is 16.0. The molecule has 1 N–H and O–H groups in total. The van der Waals surface area contributed by atoms with Crippen molar-refractivity contribution in [1.82, 2.24) is 0 Å². The molecule has 1 aromatic carbocycles. The smallest absolute Gasteiger partial charge is 0.338 e. The van der Waals surface area contributed by atoms with Gasteiger partial charge in [0.15, 0.2) is 6.10 Å². The van der Waals surface area contributed by atoms with Crippen molar-refractivity contribution in [2.24, 2.45) is 0 Å². The summed E-state index contributed by atoms with van der Waals surface area (Å²) in [6.45, 7) is 1.44. The number of hydrogen-bond acceptors (Lipinski definition) is 6. The highest BCUT2D eigenvalue weighted by molar-refractivity contribution is 5.92. The summed E-state index contributed by atoms with van der Waals surface area (Å²) in [6.07, 6.45) is -0.0814. The molecule has 3 aliphatic rings. The quantitative estimate of drug-likeness (QED) is 0.826. The highest BCUT2D eigenvalue weighted by Crippen LogP contribution is 2.44. The molecule has 7 nitrogen and oxygen atoms in total. The van der Waals surface area contributed by atoms with E-state index in [4.69, 9.17) is 24.1 Å². The lowest BCUT2D eigenvalue weighted by Crippen LogP contribution is -2.54. The van der Waals surface area contributed by atoms with Gasteiger partial charge in [-0.05, 0) is 24.3 Å². The van der Waals surface area contributed by atoms with Crippen molar-refractivity contribution >= 4 is 11.9 Å². The van der Waals surface area contributed by atoms with Crippen molar-refractivity contribution in [3.63, 3.8) is 0 Å². The molecule has 3 heterocycles. The van der Waals surface area contributed by atoms with Gasteiger partial charge >= 0.3 is 11.9 Å². The van der Waals surface area contributed by atoms with E-state index in [-0.39, 0.29) is 30.0 Å². The largest absolute Gasteiger partial charge is 0.478 e. The van der Waals surface area contributed by atoms with Gasteiger partial charge in [-0.1, -0.05) is 0 Å². The van der Waals surface area contributed by atoms with Gasteiger partial charge in [0.05, 0.1) is 30.9 Å². The van der Waals surface area contributed by atoms with Gasteiger partial charge in [-0.2, -0.15) is 0 Å². The van der Waals surface area contributed by atoms with Gasteiger partial charge in [-0.15, -0.1) is 0 Å². The van der Waals surface area contributed by atoms with Gasteiger partial charge < -0.3 is 24.1 Å². The monoisotopic (exact) mass is 320 g/mol. The summed E-state index contributed by atoms with van der Waals surface area (Å²) < 4.78 is 22.6. The number of aromatic carboxylic acids is 1. The van der Waals surface area contributed by atoms with E-state index in [9.17, 15) is 9.59 Å². The fourth-order valence-electron chi connectivity index (χ4n) is 3.31. The zero-order valence-electron chi connectivity index (χ0n) is 12.3. The van der Waals surface area contributed by atoms with Crippen molar-refractivity contribution < 1.29 is 33.6 Å². The van der Waals surface area contributed by atoms with Gasteiger partial charge in [-0.25, -0.2) is 9.59 Å². The van der Waals surface area contributed by atoms with Crippen LogP contribution in [0, 0.1) is 0 Å². The molecule has 0 radical (unpaired) electrons. The van der Waals surface area contributed by atoms with E-state index in [1.807, 2.05) is 0 Å². The van der Waals surface area contributed by atoms with Crippen LogP contribution in [0.15, 0.2) is 24.3 Å². The van der Waals surface area contributed by atoms with Gasteiger partial charge in [0, 0.05) is 6.42 Å². The van der Waals surface area contributed by atoms with Crippen LogP contribution >= 0.6 is 0 Å². The molecule has 23 heavy (non-hydrogen) atoms. The van der Waals surface area contributed by atoms with E-state index in [1.165, 1.54) is 24.3 Å². The van der Waals surface area contributed by atoms with E-state index < -0.39 is 18.0 Å². The summed E-state index contributed by atoms with van der Waals surface area (Å²) in [5.74, 6) is -1.56. The van der Waals surface area contributed by atoms with Crippen molar-refractivity contribution in [1.29, 1.82) is 0 Å². The number of carboxylic acids is 1. The maximum atomic E-state index is 12.2. The molecule has 0 aromatic heterocycles. The lowest BCUT2D eigenvalue weighted by Gasteiger charge is -2.40. The van der Waals surface area contributed by atoms with Gasteiger partial charge in [0.25, 0.3) is 0 Å². The molecule has 4 atom stereocenters. The number of carbonyl (C=O) groups excluding carboxylic acids is 1. The second kappa shape index (κ2) is 5.30. The van der Waals surface area contributed by atoms with Crippen LogP contribution < -0.4 is 0 Å². The molecule has 3 saturated heterocycles. The average molecular weight is 320 g/mol. The molecule has 3 fully saturated rings. The van der Waals surface area contributed by atoms with Gasteiger partial charge in [0.2, 0.25) is 0 Å². The topological polar surface area (TPSA) is 91.3 Å². The van der Waals surface area contributed by atoms with Crippen LogP contribution in [0.5, 0.6) is 0 Å². The number of fused-ring (bicyclic) bond motifs is 2. The number of carboxylic acid groups (broad SMARTS) is 1. The molecule has 0 saturated carbocycles. The lowest BCUT2D eigenvalue weighted by molar-refractivity contribution is -0.193. The maximum Gasteiger partial charge on any atom is 0.338 e. The number of hydrogen-bond donors (Lipinski definition) is 1. The van der Waals surface area contributed by atoms with Crippen LogP contribution in [-0.2, 0) is 18.9 Å². The summed E-state index contributed by atoms with van der Waals surface area (Å²) >= 11 is 0. The summed E-state index contributed by atoms with van der Waals surface area (Å²) in [4.78, 5) is 23.0. The summed E-state index contributed by atoms with van der Waals surface area (Å²) in [6, 6.07) is 5.61. The minimum Gasteiger partial charge on any atom is -0.478 e. The minimum atomic E-state index is -1.04. The molecule has 0 aliphatic carbocycles. The molecule has 0 bridgehead atoms. The first-order valence-electron chi connectivity index (χ1n) is 7.51. The highest BCUT2D eigenvalue weighted by atomic mass is 16.7. The van der Waals surface area contributed by atoms with Crippen LogP contribution in [0.1, 0.15) is 27.1 Å². The first-order chi connectivity index (χ1) is 11.1. The third-order valence-corrected chi connectivity index (χ3v) is 4.68. The third kappa shape index (κ3) is 2.32. The predicted molar refractivity (Wildman–Crippen MR) is 75.4 cm³/mol. The Kier molecular flexibility index (Phi) is 3.37. The van der Waals surface area contributed by atoms with E-state index in [0.717, 1.165) is 6.42 Å². The number of benzene rings is 1. The molecule has 1 spiro atoms. The van der Waals surface area contributed by atoms with Crippen molar-refractivity contribution in [3.05, 3.63) is 35.4 Å². The van der Waals surface area contributed by atoms with Gasteiger partial charge in [0.1, 0.15) is 17.8 Å². The van der Waals surface area contributed by atoms with Crippen molar-refractivity contribution in [2.75, 3.05) is 19.8 Å². The predicted octanol–water partition coefficient (Wildman–Crippen LogP) is 0.867. The van der Waals surface area contributed by atoms with Crippen molar-refractivity contribution in [2.45, 2.75) is 30.3 Å². The Balaban J connectivity index is 1.42. The van der Waals surface area contributed by atoms with Crippen LogP contribution in [0.4, 0.5) is 0 Å². The van der Waals surface area contributed by atoms with Crippen LogP contribution in [0.3, 0.4) is 0 Å². The van der Waals surface area contributed by atoms with Crippen LogP contribution in [-0.4, -0.2) is 60.8 Å². The van der Waals surface area contributed by atoms with E-state index in [1.54, 1.807) is 0 Å². The Morgan fingerprint density at radius 1 is 1.17 bits per heavy atom. The lowest BCUT2D eigenvalue weighted by atomic mass is 9.88. The van der Waals surface area contributed by atoms with E-state index in [2.05, 4.69) is 0 Å². The Bertz CT molecular complexity index is 634. The standard InChI is InChI=1S/C16H16O7/c17-14(18)9-1-3-10(4-2-9)15(19)23-11-7-20-13-12(11)21-8-16(13)5-6-22-16/h1-4,11-13H,5-8H2,(H,17,18)/t11-,12-,13+,16+/m1/s1. The molecule has 7 heteroatoms. The maximum absolute atomic E-state index is 12.2. The number of esters is 1. The first kappa shape index (κ1) is 14.6. The highest BCUT2D eigenvalue weighted by Gasteiger charge is 2.61. The molecule has 1 aromatic rings. The molecular weight excluding hydrogens is 304 g/mol. The third-order valence-electron chi connectivity index (χ3n) is 4.68. The Hall–Kier alpha value is -1.96. The second-order valence-corrected chi connectivity index (χ2v) is 6.02. The summed E-state index contributed by atoms with van der Waals surface area (Å²) in [5, 5.41) is 8.86. The van der Waals surface area contributed by atoms with E-state index in [0.29, 0.717) is 18.8 Å². The van der Waals surface area contributed by atoms with Crippen LogP contribution in [0.25, 0.3) is 0 Å². The Labute approximate surface area is 132 Å². The number of ether oxygens (including phenoxy) is 4. The fraction of sp³-hybridized carbons (Fsp3) is 0.500. The molecule has 0 unspecified atom stereocenters. The van der Waals surface area contributed by atoms with Crippen LogP contribution in [0.2, 0.25) is 0 Å². The number of carbonyl (C=O) groups is 2. The first-order valence-corrected chi connectivity index (χ1v) is 7.51. The second-order valence-electron chi connectivity index (χ2n) is 6.02. The molecule has 4 rings (SSSR count). The normalized spacial score (nSPS) is 34.9. The zero-order valence-corrected chi connectivity index (χ0v) is 12.3. The SMILES string of the molecule is O=C(O)c1ccc(C(=O)O[C@@H]2CO[C@H]3[C@@H]2OC[C@@]32CCO2)cc1. The molecule has 3 aliphatic heterocycles. The minimum absolute atomic E-state index is 0.119.